The lowest BCUT2D eigenvalue weighted by Crippen LogP contribution is -2.26. The van der Waals surface area contributed by atoms with Crippen molar-refractivity contribution in [2.75, 3.05) is 0 Å². The van der Waals surface area contributed by atoms with Crippen LogP contribution < -0.4 is 5.32 Å². The molecule has 0 saturated carbocycles. The van der Waals surface area contributed by atoms with Crippen LogP contribution in [0.25, 0.3) is 11.3 Å². The first-order valence-corrected chi connectivity index (χ1v) is 8.20. The van der Waals surface area contributed by atoms with Crippen LogP contribution in [0.15, 0.2) is 59.1 Å². The zero-order valence-corrected chi connectivity index (χ0v) is 14.5. The fourth-order valence-electron chi connectivity index (χ4n) is 2.32. The van der Waals surface area contributed by atoms with E-state index < -0.39 is 0 Å². The third-order valence-electron chi connectivity index (χ3n) is 3.68. The lowest BCUT2D eigenvalue weighted by Gasteiger charge is -2.13. The van der Waals surface area contributed by atoms with Gasteiger partial charge < -0.3 is 5.32 Å². The Morgan fingerprint density at radius 2 is 1.83 bits per heavy atom. The molecule has 0 aliphatic rings. The van der Waals surface area contributed by atoms with Crippen molar-refractivity contribution in [1.82, 2.24) is 15.5 Å². The number of carbonyl (C=O) groups is 1. The Labute approximate surface area is 147 Å². The zero-order chi connectivity index (χ0) is 17.1. The molecule has 3 rings (SSSR count). The van der Waals surface area contributed by atoms with Crippen molar-refractivity contribution in [2.45, 2.75) is 13.0 Å². The van der Waals surface area contributed by atoms with Gasteiger partial charge in [-0.05, 0) is 42.8 Å². The minimum Gasteiger partial charge on any atom is -0.344 e. The highest BCUT2D eigenvalue weighted by atomic mass is 79.9. The molecule has 0 radical (unpaired) electrons. The molecule has 1 amide bonds. The van der Waals surface area contributed by atoms with E-state index in [2.05, 4.69) is 31.4 Å². The van der Waals surface area contributed by atoms with Crippen molar-refractivity contribution >= 4 is 21.8 Å². The molecular formula is C18H15BrFN3O. The maximum Gasteiger partial charge on any atom is 0.269 e. The molecule has 0 aliphatic heterocycles. The van der Waals surface area contributed by atoms with E-state index in [0.717, 1.165) is 15.6 Å². The number of nitrogens with zero attached hydrogens (tertiary/aromatic N) is 1. The van der Waals surface area contributed by atoms with Crippen molar-refractivity contribution < 1.29 is 9.18 Å². The summed E-state index contributed by atoms with van der Waals surface area (Å²) >= 11 is 3.38. The third-order valence-corrected chi connectivity index (χ3v) is 4.21. The Kier molecular flexibility index (Phi) is 4.76. The number of hydrogen-bond donors (Lipinski definition) is 2. The molecule has 0 bridgehead atoms. The molecule has 2 aromatic carbocycles. The van der Waals surface area contributed by atoms with Gasteiger partial charge >= 0.3 is 0 Å². The first-order chi connectivity index (χ1) is 11.5. The summed E-state index contributed by atoms with van der Waals surface area (Å²) in [5.41, 5.74) is 2.82. The number of nitrogens with one attached hydrogen (secondary N) is 2. The lowest BCUT2D eigenvalue weighted by atomic mass is 10.1. The molecule has 24 heavy (non-hydrogen) atoms. The Bertz CT molecular complexity index is 843. The third kappa shape index (κ3) is 3.71. The summed E-state index contributed by atoms with van der Waals surface area (Å²) < 4.78 is 13.9. The van der Waals surface area contributed by atoms with Gasteiger partial charge in [-0.2, -0.15) is 5.10 Å². The van der Waals surface area contributed by atoms with E-state index in [1.54, 1.807) is 18.2 Å². The van der Waals surface area contributed by atoms with Crippen LogP contribution >= 0.6 is 15.9 Å². The molecule has 4 nitrogen and oxygen atoms in total. The van der Waals surface area contributed by atoms with E-state index in [4.69, 9.17) is 0 Å². The fraction of sp³-hybridized carbons (Fsp3) is 0.111. The largest absolute Gasteiger partial charge is 0.344 e. The van der Waals surface area contributed by atoms with Gasteiger partial charge in [0, 0.05) is 10.0 Å². The number of halogens is 2. The highest BCUT2D eigenvalue weighted by molar-refractivity contribution is 9.10. The van der Waals surface area contributed by atoms with Gasteiger partial charge in [-0.3, -0.25) is 9.89 Å². The fourth-order valence-corrected chi connectivity index (χ4v) is 2.58. The summed E-state index contributed by atoms with van der Waals surface area (Å²) in [4.78, 5) is 12.3. The second-order valence-corrected chi connectivity index (χ2v) is 6.34. The molecule has 0 fully saturated rings. The summed E-state index contributed by atoms with van der Waals surface area (Å²) in [5.74, 6) is -0.562. The number of benzene rings is 2. The highest BCUT2D eigenvalue weighted by Crippen LogP contribution is 2.21. The van der Waals surface area contributed by atoms with Crippen LogP contribution in [0.4, 0.5) is 4.39 Å². The van der Waals surface area contributed by atoms with Gasteiger partial charge in [-0.25, -0.2) is 4.39 Å². The summed E-state index contributed by atoms with van der Waals surface area (Å²) in [5, 5.41) is 9.79. The molecule has 0 unspecified atom stereocenters. The van der Waals surface area contributed by atoms with Crippen LogP contribution in [0.5, 0.6) is 0 Å². The summed E-state index contributed by atoms with van der Waals surface area (Å²) in [7, 11) is 0. The monoisotopic (exact) mass is 387 g/mol. The van der Waals surface area contributed by atoms with Crippen LogP contribution in [0.2, 0.25) is 0 Å². The van der Waals surface area contributed by atoms with E-state index in [0.29, 0.717) is 11.4 Å². The van der Waals surface area contributed by atoms with Gasteiger partial charge in [-0.15, -0.1) is 0 Å². The molecule has 1 aromatic heterocycles. The quantitative estimate of drug-likeness (QED) is 0.693. The van der Waals surface area contributed by atoms with Gasteiger partial charge in [0.15, 0.2) is 0 Å². The SMILES string of the molecule is C[C@H](NC(=O)c1cc(-c2ccc(Br)cc2)n[nH]1)c1ccc(F)cc1. The van der Waals surface area contributed by atoms with E-state index in [-0.39, 0.29) is 17.8 Å². The van der Waals surface area contributed by atoms with Gasteiger partial charge in [0.05, 0.1) is 11.7 Å². The van der Waals surface area contributed by atoms with E-state index in [9.17, 15) is 9.18 Å². The number of hydrogen-bond acceptors (Lipinski definition) is 2. The minimum absolute atomic E-state index is 0.238. The number of H-pyrrole nitrogens is 1. The normalized spacial score (nSPS) is 12.0. The highest BCUT2D eigenvalue weighted by Gasteiger charge is 2.14. The van der Waals surface area contributed by atoms with Gasteiger partial charge in [0.25, 0.3) is 5.91 Å². The van der Waals surface area contributed by atoms with E-state index >= 15 is 0 Å². The van der Waals surface area contributed by atoms with Crippen LogP contribution in [-0.4, -0.2) is 16.1 Å². The van der Waals surface area contributed by atoms with E-state index in [1.165, 1.54) is 12.1 Å². The molecule has 0 saturated heterocycles. The number of carbonyl (C=O) groups excluding carboxylic acids is 1. The van der Waals surface area contributed by atoms with Crippen molar-refractivity contribution in [3.05, 3.63) is 76.1 Å². The van der Waals surface area contributed by atoms with Crippen molar-refractivity contribution in [2.24, 2.45) is 0 Å². The topological polar surface area (TPSA) is 57.8 Å². The van der Waals surface area contributed by atoms with Crippen molar-refractivity contribution in [3.63, 3.8) is 0 Å². The molecule has 122 valence electrons. The molecule has 0 spiro atoms. The number of amides is 1. The van der Waals surface area contributed by atoms with Gasteiger partial charge in [0.1, 0.15) is 11.5 Å². The molecule has 3 aromatic rings. The Balaban J connectivity index is 1.71. The van der Waals surface area contributed by atoms with Crippen LogP contribution in [-0.2, 0) is 0 Å². The molecule has 1 atom stereocenters. The molecule has 0 aliphatic carbocycles. The lowest BCUT2D eigenvalue weighted by molar-refractivity contribution is 0.0935. The zero-order valence-electron chi connectivity index (χ0n) is 12.9. The summed E-state index contributed by atoms with van der Waals surface area (Å²) in [6.45, 7) is 1.84. The Morgan fingerprint density at radius 3 is 2.50 bits per heavy atom. The maximum atomic E-state index is 13.0. The standard InChI is InChI=1S/C18H15BrFN3O/c1-11(12-4-8-15(20)9-5-12)21-18(24)17-10-16(22-23-17)13-2-6-14(19)7-3-13/h2-11H,1H3,(H,21,24)(H,22,23)/t11-/m0/s1. The van der Waals surface area contributed by atoms with Crippen LogP contribution in [0, 0.1) is 5.82 Å². The Morgan fingerprint density at radius 1 is 1.17 bits per heavy atom. The van der Waals surface area contributed by atoms with Crippen molar-refractivity contribution in [1.29, 1.82) is 0 Å². The molecular weight excluding hydrogens is 373 g/mol. The summed E-state index contributed by atoms with van der Waals surface area (Å²) in [6, 6.07) is 15.2. The predicted molar refractivity (Wildman–Crippen MR) is 94.0 cm³/mol. The second-order valence-electron chi connectivity index (χ2n) is 5.42. The second kappa shape index (κ2) is 6.97. The number of rotatable bonds is 4. The molecule has 6 heteroatoms. The first kappa shape index (κ1) is 16.4. The minimum atomic E-state index is -0.301. The maximum absolute atomic E-state index is 13.0. The number of aromatic nitrogens is 2. The average molecular weight is 388 g/mol. The van der Waals surface area contributed by atoms with E-state index in [1.807, 2.05) is 31.2 Å². The van der Waals surface area contributed by atoms with Gasteiger partial charge in [0.2, 0.25) is 0 Å². The molecule has 2 N–H and O–H groups in total. The van der Waals surface area contributed by atoms with Crippen LogP contribution in [0.1, 0.15) is 29.0 Å². The number of aromatic amines is 1. The van der Waals surface area contributed by atoms with Crippen LogP contribution in [0.3, 0.4) is 0 Å². The van der Waals surface area contributed by atoms with Gasteiger partial charge in [-0.1, -0.05) is 40.2 Å². The molecule has 1 heterocycles. The average Bonchev–Trinajstić information content (AvgIpc) is 3.06. The summed E-state index contributed by atoms with van der Waals surface area (Å²) in [6.07, 6.45) is 0. The first-order valence-electron chi connectivity index (χ1n) is 7.40. The predicted octanol–water partition coefficient (Wildman–Crippen LogP) is 4.47. The van der Waals surface area contributed by atoms with Crippen molar-refractivity contribution in [3.8, 4) is 11.3 Å². The Hall–Kier alpha value is -2.47. The smallest absolute Gasteiger partial charge is 0.269 e.